The second-order valence-corrected chi connectivity index (χ2v) is 3.08. The van der Waals surface area contributed by atoms with Crippen molar-refractivity contribution < 1.29 is 0 Å². The predicted octanol–water partition coefficient (Wildman–Crippen LogP) is 1.82. The molecule has 0 unspecified atom stereocenters. The van der Waals surface area contributed by atoms with Gasteiger partial charge in [0.2, 0.25) is 0 Å². The van der Waals surface area contributed by atoms with E-state index in [1.165, 1.54) is 0 Å². The Balaban J connectivity index is 2.90. The Bertz CT molecular complexity index is 92.3. The van der Waals surface area contributed by atoms with Crippen molar-refractivity contribution in [1.29, 1.82) is 0 Å². The normalized spacial score (nSPS) is 6.75. The monoisotopic (exact) mass is 160 g/mol. The van der Waals surface area contributed by atoms with Gasteiger partial charge in [0.05, 0.1) is 0 Å². The fourth-order valence-electron chi connectivity index (χ4n) is 0.291. The van der Waals surface area contributed by atoms with E-state index in [1.807, 2.05) is 0 Å². The average Bonchev–Trinajstić information content (AvgIpc) is 1.81. The van der Waals surface area contributed by atoms with E-state index < -0.39 is 19.3 Å². The molecule has 0 saturated heterocycles. The summed E-state index contributed by atoms with van der Waals surface area (Å²) in [7, 11) is 5.41. The zero-order valence-electron chi connectivity index (χ0n) is 4.58. The lowest BCUT2D eigenvalue weighted by atomic mass is 10.4. The summed E-state index contributed by atoms with van der Waals surface area (Å²) in [6, 6.07) is 0. The maximum atomic E-state index is 5.41. The van der Waals surface area contributed by atoms with Gasteiger partial charge in [-0.1, -0.05) is 0 Å². The van der Waals surface area contributed by atoms with Gasteiger partial charge in [-0.05, 0) is 6.42 Å². The van der Waals surface area contributed by atoms with E-state index in [9.17, 15) is 0 Å². The zero-order chi connectivity index (χ0) is 6.24. The third-order valence-corrected chi connectivity index (χ3v) is 1.68. The van der Waals surface area contributed by atoms with Crippen molar-refractivity contribution in [3.8, 4) is 9.97 Å². The van der Waals surface area contributed by atoms with Crippen molar-refractivity contribution in [3.05, 3.63) is 0 Å². The summed E-state index contributed by atoms with van der Waals surface area (Å²) >= 11 is 4.85. The molecule has 0 spiro atoms. The fraction of sp³-hybridized carbons (Fsp3) is 0.600. The van der Waals surface area contributed by atoms with Gasteiger partial charge in [-0.15, -0.1) is 17.5 Å². The molecular weight excluding hydrogens is 155 g/mol. The van der Waals surface area contributed by atoms with Crippen molar-refractivity contribution in [3.63, 3.8) is 0 Å². The lowest BCUT2D eigenvalue weighted by Gasteiger charge is -1.80. The Morgan fingerprint density at radius 2 is 2.25 bits per heavy atom. The maximum absolute atomic E-state index is 5.41. The first-order valence-electron chi connectivity index (χ1n) is 2.49. The third kappa shape index (κ3) is 6.91. The molecule has 0 rings (SSSR count). The van der Waals surface area contributed by atoms with E-state index in [2.05, 4.69) is 9.97 Å². The highest BCUT2D eigenvalue weighted by Crippen LogP contribution is 1.87. The van der Waals surface area contributed by atoms with Crippen LogP contribution in [0.1, 0.15) is 12.8 Å². The molecule has 0 nitrogen and oxygen atoms in total. The van der Waals surface area contributed by atoms with Crippen LogP contribution in [0.2, 0.25) is 0 Å². The molecule has 3 heteroatoms. The van der Waals surface area contributed by atoms with Crippen LogP contribution in [0.3, 0.4) is 0 Å². The molecule has 0 aromatic carbocycles. The highest BCUT2D eigenvalue weighted by molar-refractivity contribution is 6.98. The minimum atomic E-state index is -0.546. The summed E-state index contributed by atoms with van der Waals surface area (Å²) in [6.45, 7) is 0. The molecule has 0 atom stereocenters. The van der Waals surface area contributed by atoms with Gasteiger partial charge < -0.3 is 9.07 Å². The van der Waals surface area contributed by atoms with Crippen LogP contribution in [0.15, 0.2) is 0 Å². The zero-order valence-corrected chi connectivity index (χ0v) is 7.51. The van der Waals surface area contributed by atoms with Gasteiger partial charge in [0.15, 0.2) is 0 Å². The molecule has 0 aromatic heterocycles. The second-order valence-electron chi connectivity index (χ2n) is 1.28. The first kappa shape index (κ1) is 8.91. The summed E-state index contributed by atoms with van der Waals surface area (Å²) in [5, 5.41) is 0. The van der Waals surface area contributed by atoms with Crippen LogP contribution in [0.25, 0.3) is 0 Å². The Hall–Kier alpha value is 0.906. The highest BCUT2D eigenvalue weighted by Gasteiger charge is 1.78. The number of alkyl halides is 1. The second kappa shape index (κ2) is 7.91. The molecule has 42 valence electrons. The van der Waals surface area contributed by atoms with Crippen LogP contribution >= 0.6 is 20.7 Å². The van der Waals surface area contributed by atoms with Gasteiger partial charge in [-0.3, -0.25) is 0 Å². The molecule has 0 bridgehead atoms. The number of rotatable bonds is 2. The Morgan fingerprint density at radius 1 is 1.50 bits per heavy atom. The molecule has 0 heterocycles. The largest absolute Gasteiger partial charge is 0.598 e. The van der Waals surface area contributed by atoms with Crippen LogP contribution in [-0.4, -0.2) is 25.1 Å². The molecule has 0 fully saturated rings. The molecular formula is C5H6Cl2Mg. The minimum absolute atomic E-state index is 0.546. The molecule has 0 amide bonds. The quantitative estimate of drug-likeness (QED) is 0.251. The van der Waals surface area contributed by atoms with E-state index in [0.29, 0.717) is 5.88 Å². The number of halogens is 2. The van der Waals surface area contributed by atoms with Crippen molar-refractivity contribution in [2.45, 2.75) is 12.8 Å². The van der Waals surface area contributed by atoms with E-state index in [-0.39, 0.29) is 0 Å². The van der Waals surface area contributed by atoms with Crippen molar-refractivity contribution >= 4 is 39.9 Å². The van der Waals surface area contributed by atoms with E-state index in [4.69, 9.17) is 20.7 Å². The van der Waals surface area contributed by atoms with E-state index in [1.54, 1.807) is 0 Å². The molecule has 0 N–H and O–H groups in total. The SMILES string of the molecule is ClCCCC#[C][Mg][Cl]. The molecule has 0 aliphatic heterocycles. The highest BCUT2D eigenvalue weighted by atomic mass is 35.5. The summed E-state index contributed by atoms with van der Waals surface area (Å²) in [5.74, 6) is 3.64. The number of hydrogen-bond acceptors (Lipinski definition) is 0. The number of hydrogen-bond donors (Lipinski definition) is 0. The summed E-state index contributed by atoms with van der Waals surface area (Å²) in [4.78, 5) is 0. The molecule has 0 aliphatic rings. The summed E-state index contributed by atoms with van der Waals surface area (Å²) in [6.07, 6.45) is 1.89. The van der Waals surface area contributed by atoms with Crippen molar-refractivity contribution in [2.75, 3.05) is 5.88 Å². The lowest BCUT2D eigenvalue weighted by Crippen LogP contribution is -1.72. The fourth-order valence-corrected chi connectivity index (χ4v) is 0.979. The Labute approximate surface area is 68.4 Å². The first-order chi connectivity index (χ1) is 3.91. The van der Waals surface area contributed by atoms with Crippen LogP contribution in [0.5, 0.6) is 0 Å². The third-order valence-electron chi connectivity index (χ3n) is 0.627. The van der Waals surface area contributed by atoms with Crippen LogP contribution in [0, 0.1) is 9.97 Å². The molecule has 0 saturated carbocycles. The van der Waals surface area contributed by atoms with Crippen molar-refractivity contribution in [2.24, 2.45) is 0 Å². The first-order valence-corrected chi connectivity index (χ1v) is 5.87. The molecule has 0 radical (unpaired) electrons. The summed E-state index contributed by atoms with van der Waals surface area (Å²) < 4.78 is 2.88. The van der Waals surface area contributed by atoms with Gasteiger partial charge in [0, 0.05) is 12.3 Å². The van der Waals surface area contributed by atoms with Gasteiger partial charge >= 0.3 is 19.3 Å². The molecule has 0 aromatic rings. The van der Waals surface area contributed by atoms with Gasteiger partial charge in [0.25, 0.3) is 0 Å². The lowest BCUT2D eigenvalue weighted by molar-refractivity contribution is 0.992. The van der Waals surface area contributed by atoms with E-state index in [0.717, 1.165) is 12.8 Å². The Kier molecular flexibility index (Phi) is 8.80. The molecule has 0 aliphatic carbocycles. The molecule has 8 heavy (non-hydrogen) atoms. The topological polar surface area (TPSA) is 0 Å². The predicted molar refractivity (Wildman–Crippen MR) is 39.3 cm³/mol. The van der Waals surface area contributed by atoms with Crippen molar-refractivity contribution in [1.82, 2.24) is 0 Å². The number of unbranched alkanes of at least 4 members (excludes halogenated alkanes) is 1. The van der Waals surface area contributed by atoms with Gasteiger partial charge in [0.1, 0.15) is 0 Å². The van der Waals surface area contributed by atoms with Gasteiger partial charge in [-0.25, -0.2) is 4.05 Å². The minimum Gasteiger partial charge on any atom is -0.316 e. The average molecular weight is 161 g/mol. The maximum Gasteiger partial charge on any atom is 0.598 e. The van der Waals surface area contributed by atoms with Gasteiger partial charge in [-0.2, -0.15) is 0 Å². The standard InChI is InChI=1S/C5H6Cl.ClH.Mg/c1-2-3-4-5-6;;/h3-5H2;1H;/q;;+1/p-1. The van der Waals surface area contributed by atoms with Crippen LogP contribution in [0.4, 0.5) is 0 Å². The summed E-state index contributed by atoms with van der Waals surface area (Å²) in [5.41, 5.74) is 0. The smallest absolute Gasteiger partial charge is 0.316 e. The van der Waals surface area contributed by atoms with Crippen LogP contribution in [-0.2, 0) is 0 Å². The van der Waals surface area contributed by atoms with Crippen LogP contribution < -0.4 is 0 Å². The Morgan fingerprint density at radius 3 is 2.75 bits per heavy atom. The van der Waals surface area contributed by atoms with E-state index >= 15 is 0 Å².